The van der Waals surface area contributed by atoms with Crippen LogP contribution in [-0.2, 0) is 14.7 Å². The minimum absolute atomic E-state index is 0.109. The van der Waals surface area contributed by atoms with Crippen molar-refractivity contribution in [3.63, 3.8) is 0 Å². The Morgan fingerprint density at radius 3 is 2.88 bits per heavy atom. The second kappa shape index (κ2) is 6.71. The molecule has 0 aliphatic carbocycles. The Balaban J connectivity index is 1.74. The van der Waals surface area contributed by atoms with Gasteiger partial charge in [-0.1, -0.05) is 5.16 Å². The zero-order chi connectivity index (χ0) is 19.1. The third-order valence-electron chi connectivity index (χ3n) is 4.16. The highest BCUT2D eigenvalue weighted by Crippen LogP contribution is 2.38. The number of piperidine rings is 1. The Hall–Kier alpha value is -2.42. The van der Waals surface area contributed by atoms with E-state index in [1.165, 1.54) is 11.0 Å². The van der Waals surface area contributed by atoms with E-state index in [2.05, 4.69) is 14.4 Å². The number of aliphatic hydroxyl groups is 1. The molecule has 1 aromatic rings. The Kier molecular flexibility index (Phi) is 4.74. The zero-order valence-electron chi connectivity index (χ0n) is 13.4. The number of aromatic nitrogens is 1. The van der Waals surface area contributed by atoms with Gasteiger partial charge in [0.1, 0.15) is 11.8 Å². The van der Waals surface area contributed by atoms with E-state index >= 15 is 0 Å². The maximum absolute atomic E-state index is 12.4. The van der Waals surface area contributed by atoms with Gasteiger partial charge in [0, 0.05) is 12.6 Å². The van der Waals surface area contributed by atoms with Crippen molar-refractivity contribution in [1.29, 1.82) is 0 Å². The number of hydroxylamine groups is 2. The van der Waals surface area contributed by atoms with Gasteiger partial charge in [-0.25, -0.2) is 4.79 Å². The molecule has 26 heavy (non-hydrogen) atoms. The standard InChI is InChI=1S/C12H18N6O7S/c13-11(14)15-4-9(19)10-3-7(16-24-10)8-2-1-6-5-17(8)12(20)18(6)25-26(21,22)23/h3,6,8-9,19H,1-2,4-5H2,(H4,13,14,15)(H,21,22,23)/t6-,8+,9-/m1/s1. The maximum atomic E-state index is 12.4. The number of fused-ring (bicyclic) bond motifs is 2. The summed E-state index contributed by atoms with van der Waals surface area (Å²) in [5.41, 5.74) is 10.8. The third-order valence-corrected chi connectivity index (χ3v) is 4.51. The second-order valence-corrected chi connectivity index (χ2v) is 6.95. The number of hydrogen-bond acceptors (Lipinski definition) is 8. The van der Waals surface area contributed by atoms with Crippen molar-refractivity contribution in [1.82, 2.24) is 15.1 Å². The number of carbonyl (C=O) groups is 1. The van der Waals surface area contributed by atoms with E-state index < -0.39 is 34.6 Å². The molecule has 3 atom stereocenters. The largest absolute Gasteiger partial charge is 0.418 e. The molecule has 2 aliphatic rings. The van der Waals surface area contributed by atoms with Crippen molar-refractivity contribution in [2.45, 2.75) is 31.0 Å². The molecular formula is C12H18N6O7S. The smallest absolute Gasteiger partial charge is 0.383 e. The van der Waals surface area contributed by atoms with E-state index in [9.17, 15) is 18.3 Å². The average Bonchev–Trinajstić information content (AvgIpc) is 3.12. The molecule has 0 unspecified atom stereocenters. The fourth-order valence-corrected chi connectivity index (χ4v) is 3.43. The van der Waals surface area contributed by atoms with Gasteiger partial charge in [0.25, 0.3) is 0 Å². The highest BCUT2D eigenvalue weighted by molar-refractivity contribution is 7.80. The Bertz CT molecular complexity index is 820. The van der Waals surface area contributed by atoms with Crippen molar-refractivity contribution in [3.05, 3.63) is 17.5 Å². The van der Waals surface area contributed by atoms with Gasteiger partial charge in [-0.3, -0.25) is 9.55 Å². The van der Waals surface area contributed by atoms with Crippen molar-refractivity contribution in [2.24, 2.45) is 16.5 Å². The predicted octanol–water partition coefficient (Wildman–Crippen LogP) is -1.34. The lowest BCUT2D eigenvalue weighted by atomic mass is 9.98. The molecule has 6 N–H and O–H groups in total. The quantitative estimate of drug-likeness (QED) is 0.256. The molecular weight excluding hydrogens is 372 g/mol. The highest BCUT2D eigenvalue weighted by Gasteiger charge is 2.48. The summed E-state index contributed by atoms with van der Waals surface area (Å²) in [7, 11) is -4.80. The van der Waals surface area contributed by atoms with Crippen LogP contribution in [0.25, 0.3) is 0 Å². The van der Waals surface area contributed by atoms with Crippen molar-refractivity contribution < 1.29 is 31.7 Å². The number of hydrogen-bond donors (Lipinski definition) is 4. The number of aliphatic hydroxyl groups excluding tert-OH is 1. The van der Waals surface area contributed by atoms with Crippen LogP contribution in [0.1, 0.15) is 36.4 Å². The summed E-state index contributed by atoms with van der Waals surface area (Å²) in [6, 6.07) is -0.209. The molecule has 0 spiro atoms. The van der Waals surface area contributed by atoms with Gasteiger partial charge >= 0.3 is 16.4 Å². The summed E-state index contributed by atoms with van der Waals surface area (Å²) >= 11 is 0. The first-order valence-corrected chi connectivity index (χ1v) is 8.99. The van der Waals surface area contributed by atoms with Crippen LogP contribution in [0.5, 0.6) is 0 Å². The normalized spacial score (nSPS) is 24.0. The van der Waals surface area contributed by atoms with E-state index in [-0.39, 0.29) is 24.8 Å². The summed E-state index contributed by atoms with van der Waals surface area (Å²) in [4.78, 5) is 17.4. The first-order valence-electron chi connectivity index (χ1n) is 7.62. The van der Waals surface area contributed by atoms with E-state index in [4.69, 9.17) is 20.5 Å². The molecule has 2 aliphatic heterocycles. The fraction of sp³-hybridized carbons (Fsp3) is 0.583. The van der Waals surface area contributed by atoms with Crippen LogP contribution in [0.2, 0.25) is 0 Å². The van der Waals surface area contributed by atoms with Gasteiger partial charge in [-0.05, 0) is 12.8 Å². The number of carbonyl (C=O) groups excluding carboxylic acids is 1. The fourth-order valence-electron chi connectivity index (χ4n) is 3.04. The van der Waals surface area contributed by atoms with E-state index in [0.717, 1.165) is 0 Å². The number of amides is 2. The molecule has 144 valence electrons. The van der Waals surface area contributed by atoms with Crippen LogP contribution >= 0.6 is 0 Å². The monoisotopic (exact) mass is 390 g/mol. The summed E-state index contributed by atoms with van der Waals surface area (Å²) in [5, 5.41) is 14.5. The molecule has 3 heterocycles. The molecule has 2 saturated heterocycles. The molecule has 0 radical (unpaired) electrons. The van der Waals surface area contributed by atoms with Crippen LogP contribution in [0.15, 0.2) is 15.6 Å². The molecule has 3 rings (SSSR count). The highest BCUT2D eigenvalue weighted by atomic mass is 32.3. The average molecular weight is 390 g/mol. The first-order chi connectivity index (χ1) is 12.2. The predicted molar refractivity (Wildman–Crippen MR) is 84.5 cm³/mol. The number of nitrogens with two attached hydrogens (primary N) is 2. The van der Waals surface area contributed by atoms with Gasteiger partial charge in [-0.15, -0.1) is 4.28 Å². The van der Waals surface area contributed by atoms with Crippen molar-refractivity contribution in [3.8, 4) is 0 Å². The van der Waals surface area contributed by atoms with Gasteiger partial charge in [0.15, 0.2) is 11.7 Å². The van der Waals surface area contributed by atoms with Crippen LogP contribution in [-0.4, -0.2) is 64.3 Å². The van der Waals surface area contributed by atoms with Crippen molar-refractivity contribution in [2.75, 3.05) is 13.1 Å². The SMILES string of the molecule is NC(N)=NC[C@@H](O)c1cc([C@@H]2CC[C@@H]3CN2C(=O)N3OS(=O)(=O)O)no1. The lowest BCUT2D eigenvalue weighted by Gasteiger charge is -2.28. The summed E-state index contributed by atoms with van der Waals surface area (Å²) in [5.74, 6) is -0.0477. The summed E-state index contributed by atoms with van der Waals surface area (Å²) in [6.07, 6.45) is -0.206. The number of urea groups is 1. The van der Waals surface area contributed by atoms with Crippen molar-refractivity contribution >= 4 is 22.4 Å². The number of aliphatic imine (C=N–C) groups is 1. The maximum Gasteiger partial charge on any atom is 0.418 e. The first kappa shape index (κ1) is 18.4. The van der Waals surface area contributed by atoms with E-state index in [0.29, 0.717) is 23.6 Å². The second-order valence-electron chi connectivity index (χ2n) is 5.95. The topological polar surface area (TPSA) is 198 Å². The van der Waals surface area contributed by atoms with Gasteiger partial charge in [-0.2, -0.15) is 13.5 Å². The lowest BCUT2D eigenvalue weighted by Crippen LogP contribution is -2.35. The Morgan fingerprint density at radius 2 is 2.23 bits per heavy atom. The Morgan fingerprint density at radius 1 is 1.50 bits per heavy atom. The van der Waals surface area contributed by atoms with Crippen LogP contribution in [0, 0.1) is 0 Å². The molecule has 0 aromatic carbocycles. The van der Waals surface area contributed by atoms with Crippen LogP contribution in [0.3, 0.4) is 0 Å². The summed E-state index contributed by atoms with van der Waals surface area (Å²) in [6.45, 7) is 0.0973. The third kappa shape index (κ3) is 3.72. The molecule has 1 aromatic heterocycles. The van der Waals surface area contributed by atoms with E-state index in [1.54, 1.807) is 0 Å². The number of guanidine groups is 1. The Labute approximate surface area is 148 Å². The minimum Gasteiger partial charge on any atom is -0.383 e. The summed E-state index contributed by atoms with van der Waals surface area (Å²) < 4.78 is 40.0. The van der Waals surface area contributed by atoms with Crippen LogP contribution < -0.4 is 11.5 Å². The molecule has 0 saturated carbocycles. The number of nitrogens with zero attached hydrogens (tertiary/aromatic N) is 4. The molecule has 14 heteroatoms. The van der Waals surface area contributed by atoms with E-state index in [1.807, 2.05) is 0 Å². The zero-order valence-corrected chi connectivity index (χ0v) is 14.2. The van der Waals surface area contributed by atoms with Gasteiger partial charge in [0.05, 0.1) is 18.6 Å². The lowest BCUT2D eigenvalue weighted by molar-refractivity contribution is -0.0317. The van der Waals surface area contributed by atoms with Gasteiger partial charge < -0.3 is 26.0 Å². The molecule has 2 fully saturated rings. The molecule has 13 nitrogen and oxygen atoms in total. The molecule has 2 bridgehead atoms. The minimum atomic E-state index is -4.80. The number of rotatable bonds is 6. The van der Waals surface area contributed by atoms with Gasteiger partial charge in [0.2, 0.25) is 0 Å². The molecule has 2 amide bonds. The van der Waals surface area contributed by atoms with Crippen LogP contribution in [0.4, 0.5) is 4.79 Å².